The summed E-state index contributed by atoms with van der Waals surface area (Å²) in [6.45, 7) is 2.43. The van der Waals surface area contributed by atoms with E-state index >= 15 is 0 Å². The molecule has 0 aliphatic carbocycles. The van der Waals surface area contributed by atoms with Gasteiger partial charge in [0.1, 0.15) is 0 Å². The molecule has 0 aliphatic rings. The van der Waals surface area contributed by atoms with Crippen LogP contribution >= 0.6 is 24.8 Å². The van der Waals surface area contributed by atoms with Gasteiger partial charge in [0.15, 0.2) is 0 Å². The van der Waals surface area contributed by atoms with E-state index in [0.717, 1.165) is 0 Å². The van der Waals surface area contributed by atoms with Gasteiger partial charge in [0, 0.05) is 0 Å². The average Bonchev–Trinajstić information content (AvgIpc) is 1.35. The second-order valence-electron chi connectivity index (χ2n) is 0.683. The fourth-order valence-electron chi connectivity index (χ4n) is 0.118. The molecular weight excluding hydrogens is 116 g/mol. The fourth-order valence-corrected chi connectivity index (χ4v) is 0.354. The van der Waals surface area contributed by atoms with Crippen molar-refractivity contribution in [1.82, 2.24) is 0 Å². The van der Waals surface area contributed by atoms with Gasteiger partial charge in [0.25, 0.3) is 4.38 Å². The molecule has 0 aromatic heterocycles. The van der Waals surface area contributed by atoms with E-state index in [-0.39, 0.29) is 4.38 Å². The van der Waals surface area contributed by atoms with E-state index in [1.165, 1.54) is 0 Å². The maximum absolute atomic E-state index is 4.59. The molecule has 0 atom stereocenters. The van der Waals surface area contributed by atoms with E-state index < -0.39 is 0 Å². The lowest BCUT2D eigenvalue weighted by molar-refractivity contribution is 0.346. The summed E-state index contributed by atoms with van der Waals surface area (Å²) in [4.78, 5) is 0. The van der Waals surface area contributed by atoms with Crippen molar-refractivity contribution in [2.24, 2.45) is 0 Å². The molecule has 0 aliphatic heterocycles. The van der Waals surface area contributed by atoms with Crippen molar-refractivity contribution in [1.29, 1.82) is 0 Å². The largest absolute Gasteiger partial charge is 0.476 e. The van der Waals surface area contributed by atoms with Gasteiger partial charge in [-0.3, -0.25) is 0 Å². The zero-order valence-electron chi connectivity index (χ0n) is 3.43. The molecule has 0 rings (SSSR count). The fraction of sp³-hybridized carbons (Fsp3) is 0.667. The van der Waals surface area contributed by atoms with Crippen LogP contribution in [0.3, 0.4) is 0 Å². The summed E-state index contributed by atoms with van der Waals surface area (Å²) in [5.41, 5.74) is 0. The topological polar surface area (TPSA) is 9.23 Å². The lowest BCUT2D eigenvalue weighted by atomic mass is 10.9. The first-order chi connectivity index (χ1) is 2.77. The van der Waals surface area contributed by atoms with Crippen molar-refractivity contribution in [2.45, 2.75) is 6.92 Å². The summed E-state index contributed by atoms with van der Waals surface area (Å²) in [5.74, 6) is 0. The Labute approximate surface area is 48.1 Å². The molecule has 0 saturated carbocycles. The average molecular weight is 121 g/mol. The van der Waals surface area contributed by atoms with Crippen molar-refractivity contribution in [3.63, 3.8) is 0 Å². The predicted molar refractivity (Wildman–Crippen MR) is 31.8 cm³/mol. The van der Waals surface area contributed by atoms with Crippen LogP contribution in [-0.2, 0) is 4.74 Å². The Morgan fingerprint density at radius 3 is 2.33 bits per heavy atom. The molecule has 35 valence electrons. The Hall–Kier alpha value is 0.110. The van der Waals surface area contributed by atoms with Gasteiger partial charge in [-0.1, -0.05) is 0 Å². The minimum Gasteiger partial charge on any atom is -0.476 e. The lowest BCUT2D eigenvalue weighted by Crippen LogP contribution is -1.89. The molecule has 0 bridgehead atoms. The minimum atomic E-state index is 0.206. The molecule has 3 heteroatoms. The molecule has 1 radical (unpaired) electrons. The van der Waals surface area contributed by atoms with Crippen LogP contribution in [0.5, 0.6) is 0 Å². The molecule has 0 amide bonds. The smallest absolute Gasteiger partial charge is 0.252 e. The maximum atomic E-state index is 4.59. The van der Waals surface area contributed by atoms with Gasteiger partial charge >= 0.3 is 0 Å². The molecule has 0 unspecified atom stereocenters. The van der Waals surface area contributed by atoms with Crippen LogP contribution in [-0.4, -0.2) is 11.0 Å². The summed E-state index contributed by atoms with van der Waals surface area (Å²) in [6, 6.07) is 0. The van der Waals surface area contributed by atoms with Crippen LogP contribution in [0.4, 0.5) is 0 Å². The SMILES string of the molecule is CCOC([S])=S. The molecule has 1 nitrogen and oxygen atoms in total. The molecular formula is C3H5OS2. The third-order valence-corrected chi connectivity index (χ3v) is 0.498. The summed E-state index contributed by atoms with van der Waals surface area (Å²) >= 11 is 8.77. The molecule has 0 N–H and O–H groups in total. The first-order valence-corrected chi connectivity index (χ1v) is 2.42. The third kappa shape index (κ3) is 4.11. The van der Waals surface area contributed by atoms with Crippen molar-refractivity contribution < 1.29 is 4.74 Å². The Bertz CT molecular complexity index is 52.8. The number of hydrogen-bond donors (Lipinski definition) is 0. The van der Waals surface area contributed by atoms with E-state index in [2.05, 4.69) is 29.6 Å². The van der Waals surface area contributed by atoms with Gasteiger partial charge in [-0.2, -0.15) is 0 Å². The highest BCUT2D eigenvalue weighted by molar-refractivity contribution is 8.10. The second-order valence-corrected chi connectivity index (χ2v) is 1.68. The zero-order valence-corrected chi connectivity index (χ0v) is 5.06. The lowest BCUT2D eigenvalue weighted by Gasteiger charge is -1.90. The summed E-state index contributed by atoms with van der Waals surface area (Å²) in [6.07, 6.45) is 0. The van der Waals surface area contributed by atoms with Crippen LogP contribution < -0.4 is 0 Å². The molecule has 0 spiro atoms. The number of rotatable bonds is 1. The van der Waals surface area contributed by atoms with Gasteiger partial charge in [0.05, 0.1) is 6.61 Å². The minimum absolute atomic E-state index is 0.206. The summed E-state index contributed by atoms with van der Waals surface area (Å²) < 4.78 is 4.79. The zero-order chi connectivity index (χ0) is 4.99. The first kappa shape index (κ1) is 6.11. The highest BCUT2D eigenvalue weighted by Crippen LogP contribution is 1.83. The maximum Gasteiger partial charge on any atom is 0.252 e. The van der Waals surface area contributed by atoms with Gasteiger partial charge < -0.3 is 4.74 Å². The number of hydrogen-bond acceptors (Lipinski definition) is 2. The van der Waals surface area contributed by atoms with E-state index in [4.69, 9.17) is 0 Å². The molecule has 0 fully saturated rings. The molecule has 0 aromatic carbocycles. The normalized spacial score (nSPS) is 7.50. The van der Waals surface area contributed by atoms with Crippen molar-refractivity contribution in [2.75, 3.05) is 6.61 Å². The van der Waals surface area contributed by atoms with Crippen LogP contribution in [0.25, 0.3) is 0 Å². The predicted octanol–water partition coefficient (Wildman–Crippen LogP) is 1.51. The van der Waals surface area contributed by atoms with Gasteiger partial charge in [0.2, 0.25) is 0 Å². The Morgan fingerprint density at radius 2 is 2.33 bits per heavy atom. The summed E-state index contributed by atoms with van der Waals surface area (Å²) in [7, 11) is 0. The van der Waals surface area contributed by atoms with Crippen molar-refractivity contribution >= 4 is 29.2 Å². The molecule has 0 saturated heterocycles. The Kier molecular flexibility index (Phi) is 3.37. The van der Waals surface area contributed by atoms with Crippen LogP contribution in [0, 0.1) is 0 Å². The highest BCUT2D eigenvalue weighted by Gasteiger charge is 1.79. The Balaban J connectivity index is 2.83. The number of thiocarbonyl (C=S) groups is 1. The standard InChI is InChI=1S/C3H5OS2/c1-2-4-3(5)6/h2H2,1H3. The number of ether oxygens (including phenoxy) is 1. The first-order valence-electron chi connectivity index (χ1n) is 1.61. The van der Waals surface area contributed by atoms with Crippen molar-refractivity contribution in [3.05, 3.63) is 0 Å². The van der Waals surface area contributed by atoms with Crippen LogP contribution in [0.2, 0.25) is 0 Å². The van der Waals surface area contributed by atoms with Gasteiger partial charge in [-0.15, -0.1) is 0 Å². The van der Waals surface area contributed by atoms with E-state index in [1.807, 2.05) is 6.92 Å². The Morgan fingerprint density at radius 1 is 1.83 bits per heavy atom. The van der Waals surface area contributed by atoms with Crippen molar-refractivity contribution in [3.8, 4) is 0 Å². The van der Waals surface area contributed by atoms with E-state index in [0.29, 0.717) is 6.61 Å². The summed E-state index contributed by atoms with van der Waals surface area (Å²) in [5, 5.41) is 0. The molecule has 0 aromatic rings. The van der Waals surface area contributed by atoms with Gasteiger partial charge in [-0.25, -0.2) is 0 Å². The van der Waals surface area contributed by atoms with E-state index in [9.17, 15) is 0 Å². The van der Waals surface area contributed by atoms with E-state index in [1.54, 1.807) is 0 Å². The molecule has 6 heavy (non-hydrogen) atoms. The van der Waals surface area contributed by atoms with Gasteiger partial charge in [-0.05, 0) is 31.8 Å². The highest BCUT2D eigenvalue weighted by atomic mass is 32.1. The second kappa shape index (κ2) is 3.31. The van der Waals surface area contributed by atoms with Crippen LogP contribution in [0.1, 0.15) is 6.92 Å². The van der Waals surface area contributed by atoms with Crippen LogP contribution in [0.15, 0.2) is 0 Å². The third-order valence-electron chi connectivity index (χ3n) is 0.262. The monoisotopic (exact) mass is 121 g/mol. The molecule has 0 heterocycles. The quantitative estimate of drug-likeness (QED) is 0.486.